The van der Waals surface area contributed by atoms with Crippen LogP contribution < -0.4 is 21.3 Å². The Morgan fingerprint density at radius 3 is 2.03 bits per heavy atom. The normalized spacial score (nSPS) is 10.2. The lowest BCUT2D eigenvalue weighted by molar-refractivity contribution is -0.116. The Labute approximate surface area is 187 Å². The number of rotatable bonds is 9. The van der Waals surface area contributed by atoms with E-state index in [0.717, 1.165) is 5.56 Å². The number of anilines is 3. The fraction of sp³-hybridized carbons (Fsp3) is 0.160. The zero-order chi connectivity index (χ0) is 22.8. The minimum absolute atomic E-state index is 0.0450. The molecule has 0 fully saturated rings. The second kappa shape index (κ2) is 11.3. The van der Waals surface area contributed by atoms with Gasteiger partial charge in [-0.25, -0.2) is 0 Å². The summed E-state index contributed by atoms with van der Waals surface area (Å²) in [5.41, 5.74) is 3.50. The van der Waals surface area contributed by atoms with Crippen molar-refractivity contribution in [2.45, 2.75) is 19.9 Å². The highest BCUT2D eigenvalue weighted by Crippen LogP contribution is 2.14. The summed E-state index contributed by atoms with van der Waals surface area (Å²) >= 11 is 0. The number of hydrogen-bond acceptors (Lipinski definition) is 4. The van der Waals surface area contributed by atoms with E-state index in [-0.39, 0.29) is 24.3 Å². The Hall–Kier alpha value is -4.13. The van der Waals surface area contributed by atoms with E-state index in [1.54, 1.807) is 55.5 Å². The Kier molecular flexibility index (Phi) is 7.97. The standard InChI is InChI=1S/C25H26N4O3/c1-2-23(30)28-20-11-13-21(14-12-20)29-24(31)17-26-22-10-6-9-19(15-22)25(32)27-16-18-7-4-3-5-8-18/h3-15,26H,2,16-17H2,1H3,(H,27,32)(H,28,30)(H,29,31). The van der Waals surface area contributed by atoms with Gasteiger partial charge < -0.3 is 21.3 Å². The minimum atomic E-state index is -0.228. The SMILES string of the molecule is CCC(=O)Nc1ccc(NC(=O)CNc2cccc(C(=O)NCc3ccccc3)c2)cc1. The van der Waals surface area contributed by atoms with Crippen LogP contribution in [0.1, 0.15) is 29.3 Å². The first-order valence-electron chi connectivity index (χ1n) is 10.4. The Balaban J connectivity index is 1.48. The molecule has 0 atom stereocenters. The lowest BCUT2D eigenvalue weighted by Gasteiger charge is -2.10. The van der Waals surface area contributed by atoms with Crippen LogP contribution in [0.3, 0.4) is 0 Å². The van der Waals surface area contributed by atoms with Crippen LogP contribution in [0, 0.1) is 0 Å². The molecule has 0 bridgehead atoms. The highest BCUT2D eigenvalue weighted by atomic mass is 16.2. The van der Waals surface area contributed by atoms with Gasteiger partial charge in [0.15, 0.2) is 0 Å². The van der Waals surface area contributed by atoms with Crippen molar-refractivity contribution < 1.29 is 14.4 Å². The number of carbonyl (C=O) groups is 3. The van der Waals surface area contributed by atoms with E-state index in [9.17, 15) is 14.4 Å². The number of benzene rings is 3. The summed E-state index contributed by atoms with van der Waals surface area (Å²) in [5.74, 6) is -0.478. The van der Waals surface area contributed by atoms with Crippen LogP contribution in [0.2, 0.25) is 0 Å². The summed E-state index contributed by atoms with van der Waals surface area (Å²) in [6.07, 6.45) is 0.403. The molecule has 0 saturated heterocycles. The molecule has 3 aromatic rings. The first-order valence-corrected chi connectivity index (χ1v) is 10.4. The molecule has 7 heteroatoms. The average Bonchev–Trinajstić information content (AvgIpc) is 2.83. The largest absolute Gasteiger partial charge is 0.376 e. The third kappa shape index (κ3) is 6.98. The van der Waals surface area contributed by atoms with Crippen LogP contribution >= 0.6 is 0 Å². The maximum absolute atomic E-state index is 12.4. The van der Waals surface area contributed by atoms with Gasteiger partial charge >= 0.3 is 0 Å². The summed E-state index contributed by atoms with van der Waals surface area (Å²) in [6.45, 7) is 2.27. The molecule has 0 radical (unpaired) electrons. The highest BCUT2D eigenvalue weighted by molar-refractivity contribution is 5.96. The van der Waals surface area contributed by atoms with Gasteiger partial charge in [0, 0.05) is 35.6 Å². The summed E-state index contributed by atoms with van der Waals surface area (Å²) in [4.78, 5) is 36.1. The van der Waals surface area contributed by atoms with Crippen molar-refractivity contribution in [2.24, 2.45) is 0 Å². The van der Waals surface area contributed by atoms with Crippen LogP contribution in [0.25, 0.3) is 0 Å². The molecule has 0 saturated carbocycles. The molecular weight excluding hydrogens is 404 g/mol. The minimum Gasteiger partial charge on any atom is -0.376 e. The smallest absolute Gasteiger partial charge is 0.251 e. The summed E-state index contributed by atoms with van der Waals surface area (Å²) in [7, 11) is 0. The molecule has 3 aromatic carbocycles. The van der Waals surface area contributed by atoms with Crippen LogP contribution in [-0.4, -0.2) is 24.3 Å². The Morgan fingerprint density at radius 1 is 0.719 bits per heavy atom. The van der Waals surface area contributed by atoms with Gasteiger partial charge in [0.2, 0.25) is 11.8 Å². The van der Waals surface area contributed by atoms with Gasteiger partial charge in [0.1, 0.15) is 0 Å². The zero-order valence-corrected chi connectivity index (χ0v) is 17.9. The van der Waals surface area contributed by atoms with E-state index in [2.05, 4.69) is 21.3 Å². The molecule has 0 aliphatic carbocycles. The van der Waals surface area contributed by atoms with Crippen LogP contribution in [0.4, 0.5) is 17.1 Å². The first kappa shape index (κ1) is 22.6. The van der Waals surface area contributed by atoms with E-state index in [1.807, 2.05) is 30.3 Å². The Morgan fingerprint density at radius 2 is 1.38 bits per heavy atom. The van der Waals surface area contributed by atoms with Crippen molar-refractivity contribution >= 4 is 34.8 Å². The maximum Gasteiger partial charge on any atom is 0.251 e. The van der Waals surface area contributed by atoms with Gasteiger partial charge in [0.25, 0.3) is 5.91 Å². The molecular formula is C25H26N4O3. The molecule has 0 spiro atoms. The van der Waals surface area contributed by atoms with Gasteiger partial charge in [-0.15, -0.1) is 0 Å². The van der Waals surface area contributed by atoms with Crippen molar-refractivity contribution in [3.05, 3.63) is 90.0 Å². The van der Waals surface area contributed by atoms with Crippen molar-refractivity contribution in [2.75, 3.05) is 22.5 Å². The molecule has 0 unspecified atom stereocenters. The van der Waals surface area contributed by atoms with Gasteiger partial charge in [-0.05, 0) is 48.0 Å². The fourth-order valence-electron chi connectivity index (χ4n) is 2.92. The fourth-order valence-corrected chi connectivity index (χ4v) is 2.92. The van der Waals surface area contributed by atoms with Gasteiger partial charge in [0.05, 0.1) is 6.54 Å². The molecule has 3 amide bonds. The molecule has 3 rings (SSSR count). The second-order valence-electron chi connectivity index (χ2n) is 7.13. The molecule has 4 N–H and O–H groups in total. The summed E-state index contributed by atoms with van der Waals surface area (Å²) < 4.78 is 0. The third-order valence-electron chi connectivity index (χ3n) is 4.65. The van der Waals surface area contributed by atoms with Crippen LogP contribution in [0.5, 0.6) is 0 Å². The number of amides is 3. The number of carbonyl (C=O) groups excluding carboxylic acids is 3. The molecule has 0 aliphatic rings. The molecule has 0 aliphatic heterocycles. The van der Waals surface area contributed by atoms with Gasteiger partial charge in [-0.3, -0.25) is 14.4 Å². The molecule has 164 valence electrons. The van der Waals surface area contributed by atoms with Crippen molar-refractivity contribution in [1.82, 2.24) is 5.32 Å². The predicted octanol–water partition coefficient (Wildman–Crippen LogP) is 4.02. The van der Waals surface area contributed by atoms with Crippen molar-refractivity contribution in [1.29, 1.82) is 0 Å². The first-order chi connectivity index (χ1) is 15.5. The quantitative estimate of drug-likeness (QED) is 0.412. The Bertz CT molecular complexity index is 1070. The lowest BCUT2D eigenvalue weighted by Crippen LogP contribution is -2.23. The van der Waals surface area contributed by atoms with E-state index in [4.69, 9.17) is 0 Å². The second-order valence-corrected chi connectivity index (χ2v) is 7.13. The van der Waals surface area contributed by atoms with E-state index < -0.39 is 0 Å². The van der Waals surface area contributed by atoms with Crippen LogP contribution in [0.15, 0.2) is 78.9 Å². The molecule has 0 aromatic heterocycles. The molecule has 7 nitrogen and oxygen atoms in total. The summed E-state index contributed by atoms with van der Waals surface area (Å²) in [6, 6.07) is 23.6. The van der Waals surface area contributed by atoms with Crippen molar-refractivity contribution in [3.63, 3.8) is 0 Å². The van der Waals surface area contributed by atoms with E-state index in [1.165, 1.54) is 0 Å². The van der Waals surface area contributed by atoms with Crippen LogP contribution in [-0.2, 0) is 16.1 Å². The lowest BCUT2D eigenvalue weighted by atomic mass is 10.1. The van der Waals surface area contributed by atoms with Crippen molar-refractivity contribution in [3.8, 4) is 0 Å². The zero-order valence-electron chi connectivity index (χ0n) is 17.9. The number of hydrogen-bond donors (Lipinski definition) is 4. The van der Waals surface area contributed by atoms with Gasteiger partial charge in [-0.1, -0.05) is 43.3 Å². The molecule has 32 heavy (non-hydrogen) atoms. The third-order valence-corrected chi connectivity index (χ3v) is 4.65. The summed E-state index contributed by atoms with van der Waals surface area (Å²) in [5, 5.41) is 11.5. The monoisotopic (exact) mass is 430 g/mol. The maximum atomic E-state index is 12.4. The number of nitrogens with one attached hydrogen (secondary N) is 4. The van der Waals surface area contributed by atoms with Gasteiger partial charge in [-0.2, -0.15) is 0 Å². The topological polar surface area (TPSA) is 99.3 Å². The van der Waals surface area contributed by atoms with E-state index >= 15 is 0 Å². The average molecular weight is 431 g/mol. The molecule has 0 heterocycles. The predicted molar refractivity (Wildman–Crippen MR) is 127 cm³/mol. The van der Waals surface area contributed by atoms with E-state index in [0.29, 0.717) is 35.6 Å². The highest BCUT2D eigenvalue weighted by Gasteiger charge is 2.08.